The Morgan fingerprint density at radius 2 is 2.00 bits per heavy atom. The normalized spacial score (nSPS) is 17.7. The van der Waals surface area contributed by atoms with E-state index in [0.29, 0.717) is 0 Å². The van der Waals surface area contributed by atoms with Crippen LogP contribution in [-0.4, -0.2) is 57.2 Å². The summed E-state index contributed by atoms with van der Waals surface area (Å²) in [6, 6.07) is 6.68. The first-order chi connectivity index (χ1) is 12.4. The molecule has 0 bridgehead atoms. The molecule has 0 saturated carbocycles. The van der Waals surface area contributed by atoms with E-state index in [1.54, 1.807) is 12.5 Å². The van der Waals surface area contributed by atoms with E-state index < -0.39 is 0 Å². The molecule has 2 aromatic heterocycles. The lowest BCUT2D eigenvalue weighted by molar-refractivity contribution is 0.249. The van der Waals surface area contributed by atoms with Crippen molar-refractivity contribution in [1.29, 1.82) is 0 Å². The number of para-hydroxylation sites is 1. The number of hydrogen-bond donors (Lipinski definition) is 1. The highest BCUT2D eigenvalue weighted by Crippen LogP contribution is 2.28. The number of aromatic nitrogens is 4. The number of nitrogens with zero attached hydrogens (tertiary/aromatic N) is 6. The summed E-state index contributed by atoms with van der Waals surface area (Å²) in [5, 5.41) is 7.87. The predicted octanol–water partition coefficient (Wildman–Crippen LogP) is 1.41. The monoisotopic (exact) mass is 335 g/mol. The molecule has 128 valence electrons. The van der Waals surface area contributed by atoms with E-state index in [1.165, 1.54) is 16.8 Å². The highest BCUT2D eigenvalue weighted by atomic mass is 15.4. The van der Waals surface area contributed by atoms with Gasteiger partial charge in [0.2, 0.25) is 0 Å². The standard InChI is InChI=1S/C18H21N7/c1-2-14-4-5-20-18(14)15(3-1)12-23-6-8-24(9-7-23)17-11-19-10-16-21-13-22-25(16)17/h1-3,10-11,13,20H,4-9,12H2. The van der Waals surface area contributed by atoms with Gasteiger partial charge in [0, 0.05) is 45.0 Å². The summed E-state index contributed by atoms with van der Waals surface area (Å²) in [6.45, 7) is 6.10. The summed E-state index contributed by atoms with van der Waals surface area (Å²) in [5.41, 5.74) is 5.04. The number of benzene rings is 1. The van der Waals surface area contributed by atoms with Gasteiger partial charge in [-0.05, 0) is 17.5 Å². The van der Waals surface area contributed by atoms with Crippen LogP contribution in [-0.2, 0) is 13.0 Å². The Kier molecular flexibility index (Phi) is 3.52. The van der Waals surface area contributed by atoms with E-state index in [-0.39, 0.29) is 0 Å². The van der Waals surface area contributed by atoms with Gasteiger partial charge in [0.15, 0.2) is 11.5 Å². The van der Waals surface area contributed by atoms with Gasteiger partial charge in [-0.3, -0.25) is 9.88 Å². The molecule has 2 aliphatic rings. The van der Waals surface area contributed by atoms with Crippen molar-refractivity contribution in [3.05, 3.63) is 48.0 Å². The Hall–Kier alpha value is -2.67. The fourth-order valence-electron chi connectivity index (χ4n) is 3.87. The first-order valence-electron chi connectivity index (χ1n) is 8.84. The van der Waals surface area contributed by atoms with Crippen LogP contribution in [0.3, 0.4) is 0 Å². The van der Waals surface area contributed by atoms with Crippen LogP contribution in [0.5, 0.6) is 0 Å². The van der Waals surface area contributed by atoms with Crippen molar-refractivity contribution in [1.82, 2.24) is 24.5 Å². The molecule has 0 unspecified atom stereocenters. The lowest BCUT2D eigenvalue weighted by atomic mass is 10.1. The minimum absolute atomic E-state index is 0.797. The molecule has 0 atom stereocenters. The van der Waals surface area contributed by atoms with Crippen LogP contribution in [0, 0.1) is 0 Å². The van der Waals surface area contributed by atoms with Gasteiger partial charge in [0.05, 0.1) is 12.4 Å². The molecule has 4 heterocycles. The third kappa shape index (κ3) is 2.60. The van der Waals surface area contributed by atoms with Gasteiger partial charge >= 0.3 is 0 Å². The Bertz CT molecular complexity index is 895. The molecule has 7 heteroatoms. The van der Waals surface area contributed by atoms with E-state index in [1.807, 2.05) is 10.7 Å². The van der Waals surface area contributed by atoms with Crippen LogP contribution in [0.4, 0.5) is 11.5 Å². The fraction of sp³-hybridized carbons (Fsp3) is 0.389. The number of hydrogen-bond acceptors (Lipinski definition) is 6. The molecule has 1 fully saturated rings. The lowest BCUT2D eigenvalue weighted by Crippen LogP contribution is -2.46. The molecular weight excluding hydrogens is 314 g/mol. The number of anilines is 2. The third-order valence-corrected chi connectivity index (χ3v) is 5.19. The van der Waals surface area contributed by atoms with Crippen molar-refractivity contribution in [2.24, 2.45) is 0 Å². The summed E-state index contributed by atoms with van der Waals surface area (Å²) in [7, 11) is 0. The summed E-state index contributed by atoms with van der Waals surface area (Å²) in [5.74, 6) is 1.02. The van der Waals surface area contributed by atoms with Crippen molar-refractivity contribution < 1.29 is 0 Å². The number of piperazine rings is 1. The average molecular weight is 335 g/mol. The second-order valence-electron chi connectivity index (χ2n) is 6.69. The zero-order chi connectivity index (χ0) is 16.6. The molecule has 0 amide bonds. The van der Waals surface area contributed by atoms with E-state index in [4.69, 9.17) is 0 Å². The van der Waals surface area contributed by atoms with Crippen LogP contribution in [0.25, 0.3) is 5.65 Å². The Morgan fingerprint density at radius 1 is 1.08 bits per heavy atom. The Morgan fingerprint density at radius 3 is 2.92 bits per heavy atom. The number of fused-ring (bicyclic) bond motifs is 2. The van der Waals surface area contributed by atoms with Gasteiger partial charge in [-0.1, -0.05) is 18.2 Å². The molecule has 0 spiro atoms. The average Bonchev–Trinajstić information content (AvgIpc) is 3.32. The Balaban J connectivity index is 1.29. The molecule has 1 aromatic carbocycles. The van der Waals surface area contributed by atoms with Crippen molar-refractivity contribution in [2.75, 3.05) is 42.9 Å². The quantitative estimate of drug-likeness (QED) is 0.781. The molecule has 1 N–H and O–H groups in total. The SMILES string of the molecule is c1cc2c(c(CN3CCN(c4cncc5ncnn45)CC3)c1)NCC2. The highest BCUT2D eigenvalue weighted by molar-refractivity contribution is 5.61. The van der Waals surface area contributed by atoms with Crippen LogP contribution in [0.2, 0.25) is 0 Å². The smallest absolute Gasteiger partial charge is 0.175 e. The molecule has 0 radical (unpaired) electrons. The minimum Gasteiger partial charge on any atom is -0.384 e. The van der Waals surface area contributed by atoms with Crippen molar-refractivity contribution in [3.8, 4) is 0 Å². The van der Waals surface area contributed by atoms with E-state index >= 15 is 0 Å². The Labute approximate surface area is 146 Å². The van der Waals surface area contributed by atoms with Crippen LogP contribution in [0.15, 0.2) is 36.9 Å². The number of rotatable bonds is 3. The maximum atomic E-state index is 4.32. The van der Waals surface area contributed by atoms with Gasteiger partial charge in [-0.15, -0.1) is 0 Å². The topological polar surface area (TPSA) is 61.6 Å². The largest absolute Gasteiger partial charge is 0.384 e. The second-order valence-corrected chi connectivity index (χ2v) is 6.69. The van der Waals surface area contributed by atoms with Gasteiger partial charge in [-0.25, -0.2) is 4.98 Å². The van der Waals surface area contributed by atoms with E-state index in [2.05, 4.69) is 48.4 Å². The molecule has 3 aromatic rings. The third-order valence-electron chi connectivity index (χ3n) is 5.19. The van der Waals surface area contributed by atoms with Crippen LogP contribution >= 0.6 is 0 Å². The van der Waals surface area contributed by atoms with Crippen LogP contribution in [0.1, 0.15) is 11.1 Å². The summed E-state index contributed by atoms with van der Waals surface area (Å²) in [4.78, 5) is 13.4. The first kappa shape index (κ1) is 14.7. The van der Waals surface area contributed by atoms with Gasteiger partial charge in [0.1, 0.15) is 6.33 Å². The molecular formula is C18H21N7. The van der Waals surface area contributed by atoms with Crippen LogP contribution < -0.4 is 10.2 Å². The maximum Gasteiger partial charge on any atom is 0.175 e. The highest BCUT2D eigenvalue weighted by Gasteiger charge is 2.21. The predicted molar refractivity (Wildman–Crippen MR) is 96.9 cm³/mol. The van der Waals surface area contributed by atoms with Gasteiger partial charge < -0.3 is 10.2 Å². The molecule has 5 rings (SSSR count). The van der Waals surface area contributed by atoms with E-state index in [0.717, 1.165) is 57.2 Å². The fourth-order valence-corrected chi connectivity index (χ4v) is 3.87. The molecule has 7 nitrogen and oxygen atoms in total. The zero-order valence-electron chi connectivity index (χ0n) is 14.1. The number of nitrogens with one attached hydrogen (secondary N) is 1. The van der Waals surface area contributed by atoms with Crippen molar-refractivity contribution in [2.45, 2.75) is 13.0 Å². The van der Waals surface area contributed by atoms with Gasteiger partial charge in [0.25, 0.3) is 0 Å². The maximum absolute atomic E-state index is 4.32. The molecule has 25 heavy (non-hydrogen) atoms. The van der Waals surface area contributed by atoms with Gasteiger partial charge in [-0.2, -0.15) is 9.61 Å². The lowest BCUT2D eigenvalue weighted by Gasteiger charge is -2.36. The van der Waals surface area contributed by atoms with E-state index in [9.17, 15) is 0 Å². The molecule has 0 aliphatic carbocycles. The minimum atomic E-state index is 0.797. The molecule has 2 aliphatic heterocycles. The van der Waals surface area contributed by atoms with Crippen molar-refractivity contribution >= 4 is 17.2 Å². The second kappa shape index (κ2) is 6.00. The zero-order valence-corrected chi connectivity index (χ0v) is 14.1. The summed E-state index contributed by atoms with van der Waals surface area (Å²) < 4.78 is 1.87. The first-order valence-corrected chi connectivity index (χ1v) is 8.84. The van der Waals surface area contributed by atoms with Crippen molar-refractivity contribution in [3.63, 3.8) is 0 Å². The summed E-state index contributed by atoms with van der Waals surface area (Å²) >= 11 is 0. The summed E-state index contributed by atoms with van der Waals surface area (Å²) in [6.07, 6.45) is 6.35. The molecule has 1 saturated heterocycles.